The van der Waals surface area contributed by atoms with E-state index in [1.807, 2.05) is 18.2 Å². The first-order valence-electron chi connectivity index (χ1n) is 12.1. The van der Waals surface area contributed by atoms with Crippen LogP contribution in [0.15, 0.2) is 53.1 Å². The van der Waals surface area contributed by atoms with Gasteiger partial charge >= 0.3 is 0 Å². The predicted octanol–water partition coefficient (Wildman–Crippen LogP) is 4.28. The lowest BCUT2D eigenvalue weighted by Gasteiger charge is -2.45. The van der Waals surface area contributed by atoms with E-state index in [0.29, 0.717) is 32.2 Å². The van der Waals surface area contributed by atoms with Crippen molar-refractivity contribution in [3.05, 3.63) is 60.1 Å². The number of amides is 2. The largest absolute Gasteiger partial charge is 0.469 e. The molecule has 0 aliphatic carbocycles. The number of nitrogens with one attached hydrogen (secondary N) is 2. The molecule has 178 valence electrons. The van der Waals surface area contributed by atoms with Gasteiger partial charge in [0.25, 0.3) is 0 Å². The third-order valence-corrected chi connectivity index (χ3v) is 7.31. The van der Waals surface area contributed by atoms with Crippen molar-refractivity contribution in [1.29, 1.82) is 0 Å². The highest BCUT2D eigenvalue weighted by Gasteiger charge is 2.42. The third kappa shape index (κ3) is 5.85. The van der Waals surface area contributed by atoms with Crippen molar-refractivity contribution in [2.24, 2.45) is 0 Å². The summed E-state index contributed by atoms with van der Waals surface area (Å²) in [6.45, 7) is 5.65. The molecule has 2 aliphatic rings. The van der Waals surface area contributed by atoms with Crippen LogP contribution in [0.5, 0.6) is 0 Å². The van der Waals surface area contributed by atoms with Gasteiger partial charge in [-0.05, 0) is 63.6 Å². The zero-order chi connectivity index (χ0) is 23.4. The van der Waals surface area contributed by atoms with Crippen LogP contribution in [0.1, 0.15) is 70.1 Å². The van der Waals surface area contributed by atoms with Crippen molar-refractivity contribution in [2.75, 3.05) is 13.2 Å². The van der Waals surface area contributed by atoms with Crippen LogP contribution < -0.4 is 10.6 Å². The van der Waals surface area contributed by atoms with Crippen molar-refractivity contribution in [3.63, 3.8) is 0 Å². The minimum absolute atomic E-state index is 0.00374. The maximum Gasteiger partial charge on any atom is 0.220 e. The van der Waals surface area contributed by atoms with Gasteiger partial charge in [-0.15, -0.1) is 0 Å². The Morgan fingerprint density at radius 1 is 1.09 bits per heavy atom. The molecule has 4 rings (SSSR count). The molecule has 1 aromatic heterocycles. The molecular weight excluding hydrogens is 416 g/mol. The smallest absolute Gasteiger partial charge is 0.220 e. The Bertz CT molecular complexity index is 940. The van der Waals surface area contributed by atoms with E-state index in [9.17, 15) is 9.59 Å². The average molecular weight is 453 g/mol. The molecule has 0 bridgehead atoms. The summed E-state index contributed by atoms with van der Waals surface area (Å²) in [7, 11) is 0. The molecule has 0 radical (unpaired) electrons. The van der Waals surface area contributed by atoms with E-state index in [0.717, 1.165) is 38.1 Å². The van der Waals surface area contributed by atoms with Gasteiger partial charge in [0.1, 0.15) is 5.76 Å². The second kappa shape index (κ2) is 9.72. The van der Waals surface area contributed by atoms with Crippen molar-refractivity contribution in [3.8, 4) is 0 Å². The Balaban J connectivity index is 1.34. The number of benzene rings is 1. The van der Waals surface area contributed by atoms with Crippen LogP contribution in [0.4, 0.5) is 0 Å². The SMILES string of the molecule is CC1(C)C[C@@](CCNC(=O)CC[C@@]2(Cc3ccco3)CCC(=O)N2)(c2ccccc2)CCO1. The highest BCUT2D eigenvalue weighted by Crippen LogP contribution is 2.43. The molecule has 6 heteroatoms. The van der Waals surface area contributed by atoms with E-state index in [-0.39, 0.29) is 22.8 Å². The second-order valence-electron chi connectivity index (χ2n) is 10.4. The van der Waals surface area contributed by atoms with Crippen molar-refractivity contribution in [1.82, 2.24) is 10.6 Å². The number of furan rings is 1. The lowest BCUT2D eigenvalue weighted by atomic mass is 9.67. The van der Waals surface area contributed by atoms with Gasteiger partial charge < -0.3 is 19.8 Å². The molecule has 1 aromatic carbocycles. The van der Waals surface area contributed by atoms with Gasteiger partial charge in [-0.25, -0.2) is 0 Å². The number of ether oxygens (including phenoxy) is 1. The van der Waals surface area contributed by atoms with Gasteiger partial charge in [0.15, 0.2) is 0 Å². The number of hydrogen-bond acceptors (Lipinski definition) is 4. The molecular formula is C27H36N2O4. The molecule has 0 unspecified atom stereocenters. The van der Waals surface area contributed by atoms with Crippen LogP contribution in [0.3, 0.4) is 0 Å². The Labute approximate surface area is 196 Å². The van der Waals surface area contributed by atoms with Crippen LogP contribution >= 0.6 is 0 Å². The van der Waals surface area contributed by atoms with Gasteiger partial charge in [-0.1, -0.05) is 30.3 Å². The standard InChI is InChI=1S/C27H36N2O4/c1-25(2)20-26(15-18-33-25,21-7-4-3-5-8-21)14-16-28-23(30)10-12-27(13-11-24(31)29-27)19-22-9-6-17-32-22/h3-9,17H,10-16,18-20H2,1-2H3,(H,28,30)(H,29,31)/t26-,27-/m0/s1. The maximum atomic E-state index is 12.8. The second-order valence-corrected chi connectivity index (χ2v) is 10.4. The summed E-state index contributed by atoms with van der Waals surface area (Å²) in [6.07, 6.45) is 7.24. The van der Waals surface area contributed by atoms with Crippen LogP contribution in [0, 0.1) is 0 Å². The maximum absolute atomic E-state index is 12.8. The third-order valence-electron chi connectivity index (χ3n) is 7.31. The minimum atomic E-state index is -0.401. The van der Waals surface area contributed by atoms with E-state index >= 15 is 0 Å². The molecule has 2 N–H and O–H groups in total. The summed E-state index contributed by atoms with van der Waals surface area (Å²) in [5.74, 6) is 0.919. The fourth-order valence-electron chi connectivity index (χ4n) is 5.68. The summed E-state index contributed by atoms with van der Waals surface area (Å²) in [5.41, 5.74) is 0.733. The minimum Gasteiger partial charge on any atom is -0.469 e. The monoisotopic (exact) mass is 452 g/mol. The number of rotatable bonds is 9. The normalized spacial score (nSPS) is 26.7. The quantitative estimate of drug-likeness (QED) is 0.595. The zero-order valence-electron chi connectivity index (χ0n) is 19.8. The van der Waals surface area contributed by atoms with E-state index < -0.39 is 5.54 Å². The Morgan fingerprint density at radius 2 is 1.91 bits per heavy atom. The van der Waals surface area contributed by atoms with E-state index in [1.54, 1.807) is 6.26 Å². The number of carbonyl (C=O) groups excluding carboxylic acids is 2. The highest BCUT2D eigenvalue weighted by molar-refractivity contribution is 5.80. The van der Waals surface area contributed by atoms with Crippen LogP contribution in [-0.4, -0.2) is 36.1 Å². The summed E-state index contributed by atoms with van der Waals surface area (Å²) < 4.78 is 11.5. The Morgan fingerprint density at radius 3 is 2.58 bits per heavy atom. The number of carbonyl (C=O) groups is 2. The van der Waals surface area contributed by atoms with E-state index in [2.05, 4.69) is 48.7 Å². The fraction of sp³-hybridized carbons (Fsp3) is 0.556. The lowest BCUT2D eigenvalue weighted by Crippen LogP contribution is -2.46. The molecule has 2 aliphatic heterocycles. The molecule has 2 atom stereocenters. The molecule has 2 saturated heterocycles. The van der Waals surface area contributed by atoms with Crippen molar-refractivity contribution >= 4 is 11.8 Å². The summed E-state index contributed by atoms with van der Waals surface area (Å²) in [6, 6.07) is 14.4. The first-order valence-corrected chi connectivity index (χ1v) is 12.1. The first-order chi connectivity index (χ1) is 15.8. The van der Waals surface area contributed by atoms with Gasteiger partial charge in [0, 0.05) is 43.4 Å². The zero-order valence-corrected chi connectivity index (χ0v) is 19.8. The van der Waals surface area contributed by atoms with Gasteiger partial charge in [0.2, 0.25) is 11.8 Å². The fourth-order valence-corrected chi connectivity index (χ4v) is 5.68. The molecule has 2 aromatic rings. The summed E-state index contributed by atoms with van der Waals surface area (Å²) in [5, 5.41) is 6.26. The van der Waals surface area contributed by atoms with E-state index in [1.165, 1.54) is 5.56 Å². The molecule has 2 amide bonds. The first kappa shape index (κ1) is 23.6. The van der Waals surface area contributed by atoms with Gasteiger partial charge in [-0.2, -0.15) is 0 Å². The Kier molecular flexibility index (Phi) is 6.94. The molecule has 3 heterocycles. The number of hydrogen-bond donors (Lipinski definition) is 2. The van der Waals surface area contributed by atoms with Crippen LogP contribution in [0.2, 0.25) is 0 Å². The highest BCUT2D eigenvalue weighted by atomic mass is 16.5. The topological polar surface area (TPSA) is 80.6 Å². The predicted molar refractivity (Wildman–Crippen MR) is 127 cm³/mol. The van der Waals surface area contributed by atoms with Crippen molar-refractivity contribution < 1.29 is 18.7 Å². The summed E-state index contributed by atoms with van der Waals surface area (Å²) >= 11 is 0. The average Bonchev–Trinajstić information content (AvgIpc) is 3.42. The molecule has 2 fully saturated rings. The molecule has 6 nitrogen and oxygen atoms in total. The van der Waals surface area contributed by atoms with E-state index in [4.69, 9.17) is 9.15 Å². The lowest BCUT2D eigenvalue weighted by molar-refractivity contribution is -0.123. The van der Waals surface area contributed by atoms with Crippen molar-refractivity contribution in [2.45, 2.75) is 81.8 Å². The van der Waals surface area contributed by atoms with Gasteiger partial charge in [-0.3, -0.25) is 9.59 Å². The summed E-state index contributed by atoms with van der Waals surface area (Å²) in [4.78, 5) is 24.7. The molecule has 33 heavy (non-hydrogen) atoms. The Hall–Kier alpha value is -2.60. The molecule has 0 saturated carbocycles. The van der Waals surface area contributed by atoms with Gasteiger partial charge in [0.05, 0.1) is 11.9 Å². The molecule has 0 spiro atoms. The van der Waals surface area contributed by atoms with Crippen LogP contribution in [-0.2, 0) is 26.2 Å². The van der Waals surface area contributed by atoms with Crippen LogP contribution in [0.25, 0.3) is 0 Å².